The molecular weight excluding hydrogens is 322 g/mol. The zero-order chi connectivity index (χ0) is 14.5. The molecule has 0 saturated carbocycles. The summed E-state index contributed by atoms with van der Waals surface area (Å²) in [5.41, 5.74) is 1.80. The minimum atomic E-state index is 0.0529. The van der Waals surface area contributed by atoms with Crippen molar-refractivity contribution in [2.45, 2.75) is 25.9 Å². The lowest BCUT2D eigenvalue weighted by Crippen LogP contribution is -2.41. The number of rotatable bonds is 4. The number of amides is 1. The number of nitrogens with zero attached hydrogens (tertiary/aromatic N) is 1. The minimum Gasteiger partial charge on any atom is -0.394 e. The summed E-state index contributed by atoms with van der Waals surface area (Å²) in [6.07, 6.45) is 1.83. The molecule has 5 heteroatoms. The first kappa shape index (κ1) is 15.5. The van der Waals surface area contributed by atoms with Crippen LogP contribution < -0.4 is 0 Å². The van der Waals surface area contributed by atoms with Crippen LogP contribution >= 0.6 is 15.9 Å². The highest BCUT2D eigenvalue weighted by molar-refractivity contribution is 9.10. The van der Waals surface area contributed by atoms with Crippen molar-refractivity contribution in [3.05, 3.63) is 33.8 Å². The quantitative estimate of drug-likeness (QED) is 0.914. The highest BCUT2D eigenvalue weighted by Crippen LogP contribution is 2.20. The number of aliphatic hydroxyl groups excluding tert-OH is 1. The van der Waals surface area contributed by atoms with E-state index >= 15 is 0 Å². The fourth-order valence-electron chi connectivity index (χ4n) is 2.41. The maximum Gasteiger partial charge on any atom is 0.253 e. The van der Waals surface area contributed by atoms with Gasteiger partial charge >= 0.3 is 0 Å². The number of piperidine rings is 1. The number of benzene rings is 1. The van der Waals surface area contributed by atoms with Crippen molar-refractivity contribution in [3.63, 3.8) is 0 Å². The molecule has 1 aromatic rings. The molecule has 1 N–H and O–H groups in total. The second-order valence-electron chi connectivity index (χ2n) is 5.05. The summed E-state index contributed by atoms with van der Waals surface area (Å²) in [5, 5.41) is 8.74. The Balaban J connectivity index is 1.92. The minimum absolute atomic E-state index is 0.0529. The molecule has 0 unspecified atom stereocenters. The summed E-state index contributed by atoms with van der Waals surface area (Å²) in [4.78, 5) is 14.3. The Hall–Kier alpha value is -0.910. The second-order valence-corrected chi connectivity index (χ2v) is 5.90. The molecule has 20 heavy (non-hydrogen) atoms. The number of hydrogen-bond acceptors (Lipinski definition) is 3. The predicted molar refractivity (Wildman–Crippen MR) is 80.8 cm³/mol. The number of aliphatic hydroxyl groups is 1. The molecular formula is C15H20BrNO3. The van der Waals surface area contributed by atoms with Gasteiger partial charge in [-0.3, -0.25) is 4.79 Å². The third-order valence-corrected chi connectivity index (χ3v) is 4.47. The molecule has 0 aromatic heterocycles. The summed E-state index contributed by atoms with van der Waals surface area (Å²) in [6.45, 7) is 3.84. The van der Waals surface area contributed by atoms with E-state index in [4.69, 9.17) is 9.84 Å². The first-order valence-electron chi connectivity index (χ1n) is 6.89. The van der Waals surface area contributed by atoms with Gasteiger partial charge in [0.2, 0.25) is 0 Å². The van der Waals surface area contributed by atoms with E-state index in [0.717, 1.165) is 28.4 Å². The van der Waals surface area contributed by atoms with Crippen molar-refractivity contribution in [1.29, 1.82) is 0 Å². The van der Waals surface area contributed by atoms with Crippen LogP contribution in [0.25, 0.3) is 0 Å². The molecule has 0 aliphatic carbocycles. The van der Waals surface area contributed by atoms with Crippen LogP contribution in [0.2, 0.25) is 0 Å². The van der Waals surface area contributed by atoms with E-state index in [2.05, 4.69) is 15.9 Å². The van der Waals surface area contributed by atoms with Crippen LogP contribution in [0.15, 0.2) is 22.7 Å². The smallest absolute Gasteiger partial charge is 0.253 e. The molecule has 1 amide bonds. The average molecular weight is 342 g/mol. The first-order chi connectivity index (χ1) is 9.61. The highest BCUT2D eigenvalue weighted by Gasteiger charge is 2.24. The number of carbonyl (C=O) groups excluding carboxylic acids is 1. The van der Waals surface area contributed by atoms with E-state index in [1.165, 1.54) is 0 Å². The average Bonchev–Trinajstić information content (AvgIpc) is 2.48. The SMILES string of the molecule is Cc1cc(C(=O)N2CCC(OCCO)CC2)ccc1Br. The van der Waals surface area contributed by atoms with E-state index in [-0.39, 0.29) is 18.6 Å². The Kier molecular flexibility index (Phi) is 5.57. The Morgan fingerprint density at radius 3 is 2.75 bits per heavy atom. The van der Waals surface area contributed by atoms with Gasteiger partial charge in [0.1, 0.15) is 0 Å². The van der Waals surface area contributed by atoms with E-state index in [0.29, 0.717) is 19.7 Å². The molecule has 2 rings (SSSR count). The van der Waals surface area contributed by atoms with Crippen molar-refractivity contribution < 1.29 is 14.6 Å². The van der Waals surface area contributed by atoms with Crippen molar-refractivity contribution in [1.82, 2.24) is 4.90 Å². The molecule has 1 aliphatic heterocycles. The molecule has 4 nitrogen and oxygen atoms in total. The number of aryl methyl sites for hydroxylation is 1. The molecule has 1 aliphatic rings. The van der Waals surface area contributed by atoms with Crippen molar-refractivity contribution in [2.24, 2.45) is 0 Å². The number of hydrogen-bond donors (Lipinski definition) is 1. The number of halogens is 1. The van der Waals surface area contributed by atoms with Gasteiger partial charge in [-0.2, -0.15) is 0 Å². The summed E-state index contributed by atoms with van der Waals surface area (Å²) in [6, 6.07) is 5.69. The predicted octanol–water partition coefficient (Wildman–Crippen LogP) is 2.37. The highest BCUT2D eigenvalue weighted by atomic mass is 79.9. The molecule has 0 spiro atoms. The van der Waals surface area contributed by atoms with E-state index in [9.17, 15) is 4.79 Å². The lowest BCUT2D eigenvalue weighted by atomic mass is 10.1. The van der Waals surface area contributed by atoms with E-state index < -0.39 is 0 Å². The summed E-state index contributed by atoms with van der Waals surface area (Å²) < 4.78 is 6.53. The molecule has 1 saturated heterocycles. The topological polar surface area (TPSA) is 49.8 Å². The third kappa shape index (κ3) is 3.81. The third-order valence-electron chi connectivity index (χ3n) is 3.58. The number of likely N-dealkylation sites (tertiary alicyclic amines) is 1. The van der Waals surface area contributed by atoms with E-state index in [1.54, 1.807) is 0 Å². The fraction of sp³-hybridized carbons (Fsp3) is 0.533. The van der Waals surface area contributed by atoms with Gasteiger partial charge in [-0.1, -0.05) is 15.9 Å². The molecule has 1 fully saturated rings. The molecule has 1 heterocycles. The van der Waals surface area contributed by atoms with Gasteiger partial charge in [0.05, 0.1) is 19.3 Å². The van der Waals surface area contributed by atoms with Gasteiger partial charge in [-0.15, -0.1) is 0 Å². The normalized spacial score (nSPS) is 16.4. The standard InChI is InChI=1S/C15H20BrNO3/c1-11-10-12(2-3-14(11)16)15(19)17-6-4-13(5-7-17)20-9-8-18/h2-3,10,13,18H,4-9H2,1H3. The first-order valence-corrected chi connectivity index (χ1v) is 7.69. The van der Waals surface area contributed by atoms with E-state index in [1.807, 2.05) is 30.0 Å². The van der Waals surface area contributed by atoms with Crippen molar-refractivity contribution in [2.75, 3.05) is 26.3 Å². The van der Waals surface area contributed by atoms with Gasteiger partial charge in [0.25, 0.3) is 5.91 Å². The molecule has 0 atom stereocenters. The molecule has 1 aromatic carbocycles. The largest absolute Gasteiger partial charge is 0.394 e. The van der Waals surface area contributed by atoms with Crippen LogP contribution in [0, 0.1) is 6.92 Å². The monoisotopic (exact) mass is 341 g/mol. The van der Waals surface area contributed by atoms with Crippen LogP contribution in [0.4, 0.5) is 0 Å². The Labute approximate surface area is 127 Å². The summed E-state index contributed by atoms with van der Waals surface area (Å²) in [5.74, 6) is 0.0845. The maximum absolute atomic E-state index is 12.4. The Morgan fingerprint density at radius 1 is 1.45 bits per heavy atom. The lowest BCUT2D eigenvalue weighted by molar-refractivity contribution is -0.00554. The van der Waals surface area contributed by atoms with Gasteiger partial charge in [-0.05, 0) is 43.5 Å². The number of carbonyl (C=O) groups is 1. The van der Waals surface area contributed by atoms with Crippen molar-refractivity contribution >= 4 is 21.8 Å². The van der Waals surface area contributed by atoms with Gasteiger partial charge in [0.15, 0.2) is 0 Å². The lowest BCUT2D eigenvalue weighted by Gasteiger charge is -2.32. The zero-order valence-electron chi connectivity index (χ0n) is 11.6. The number of ether oxygens (including phenoxy) is 1. The van der Waals surface area contributed by atoms with Gasteiger partial charge < -0.3 is 14.7 Å². The fourth-order valence-corrected chi connectivity index (χ4v) is 2.65. The van der Waals surface area contributed by atoms with Crippen LogP contribution in [0.5, 0.6) is 0 Å². The van der Waals surface area contributed by atoms with Crippen LogP contribution in [-0.4, -0.2) is 48.3 Å². The second kappa shape index (κ2) is 7.20. The maximum atomic E-state index is 12.4. The molecule has 0 radical (unpaired) electrons. The zero-order valence-corrected chi connectivity index (χ0v) is 13.2. The van der Waals surface area contributed by atoms with Crippen LogP contribution in [-0.2, 0) is 4.74 Å². The van der Waals surface area contributed by atoms with Crippen LogP contribution in [0.1, 0.15) is 28.8 Å². The van der Waals surface area contributed by atoms with Crippen LogP contribution in [0.3, 0.4) is 0 Å². The Morgan fingerprint density at radius 2 is 2.15 bits per heavy atom. The summed E-state index contributed by atoms with van der Waals surface area (Å²) >= 11 is 3.44. The molecule has 110 valence electrons. The summed E-state index contributed by atoms with van der Waals surface area (Å²) in [7, 11) is 0. The van der Waals surface area contributed by atoms with Crippen molar-refractivity contribution in [3.8, 4) is 0 Å². The molecule has 0 bridgehead atoms. The van der Waals surface area contributed by atoms with Gasteiger partial charge in [0, 0.05) is 23.1 Å². The van der Waals surface area contributed by atoms with Gasteiger partial charge in [-0.25, -0.2) is 0 Å². The Bertz CT molecular complexity index is 470.